The molecule has 148 valence electrons. The number of H-pyrrole nitrogens is 1. The van der Waals surface area contributed by atoms with E-state index in [0.29, 0.717) is 0 Å². The molecule has 0 bridgehead atoms. The number of benzene rings is 1. The van der Waals surface area contributed by atoms with E-state index in [1.165, 1.54) is 6.07 Å². The number of aromatic nitrogens is 3. The van der Waals surface area contributed by atoms with Crippen molar-refractivity contribution in [1.29, 1.82) is 0 Å². The number of aromatic amines is 1. The molecule has 1 saturated heterocycles. The van der Waals surface area contributed by atoms with Crippen LogP contribution in [0.2, 0.25) is 5.15 Å². The molecule has 0 saturated carbocycles. The number of nitrogens with one attached hydrogen (secondary N) is 2. The van der Waals surface area contributed by atoms with E-state index in [9.17, 15) is 8.78 Å². The van der Waals surface area contributed by atoms with Crippen molar-refractivity contribution in [2.45, 2.75) is 0 Å². The summed E-state index contributed by atoms with van der Waals surface area (Å²) in [6.07, 6.45) is 1.06. The Morgan fingerprint density at radius 3 is 2.72 bits per heavy atom. The van der Waals surface area contributed by atoms with Gasteiger partial charge in [-0.25, -0.2) is 18.8 Å². The molecule has 3 aromatic rings. The van der Waals surface area contributed by atoms with Gasteiger partial charge in [0.25, 0.3) is 0 Å². The van der Waals surface area contributed by atoms with Gasteiger partial charge in [0.1, 0.15) is 34.7 Å². The van der Waals surface area contributed by atoms with E-state index in [-0.39, 0.29) is 38.5 Å². The van der Waals surface area contributed by atoms with Gasteiger partial charge in [0.15, 0.2) is 5.15 Å². The molecular weight excluding hydrogens is 402 g/mol. The predicted octanol–water partition coefficient (Wildman–Crippen LogP) is 3.74. The molecule has 5 rings (SSSR count). The third-order valence-electron chi connectivity index (χ3n) is 4.17. The number of pyridine rings is 1. The van der Waals surface area contributed by atoms with Gasteiger partial charge in [-0.05, 0) is 18.2 Å². The first-order valence-corrected chi connectivity index (χ1v) is 8.51. The zero-order valence-electron chi connectivity index (χ0n) is 22.2. The van der Waals surface area contributed by atoms with Crippen LogP contribution in [0.5, 0.6) is 0 Å². The van der Waals surface area contributed by atoms with Gasteiger partial charge in [-0.3, -0.25) is 5.10 Å². The highest BCUT2D eigenvalue weighted by molar-refractivity contribution is 6.33. The lowest BCUT2D eigenvalue weighted by Gasteiger charge is -2.28. The highest BCUT2D eigenvalue weighted by Crippen LogP contribution is 2.41. The number of rotatable bonds is 2. The fraction of sp³-hybridized carbons (Fsp3) is 0.211. The van der Waals surface area contributed by atoms with Crippen molar-refractivity contribution in [3.05, 3.63) is 52.8 Å². The summed E-state index contributed by atoms with van der Waals surface area (Å²) in [5, 5.41) is 9.15. The third kappa shape index (κ3) is 3.12. The fourth-order valence-electron chi connectivity index (χ4n) is 2.88. The van der Waals surface area contributed by atoms with Crippen LogP contribution in [0.3, 0.4) is 0 Å². The predicted molar refractivity (Wildman–Crippen MR) is 106 cm³/mol. The number of aliphatic imine (C=N–C) groups is 1. The van der Waals surface area contributed by atoms with E-state index in [2.05, 4.69) is 30.2 Å². The quantitative estimate of drug-likeness (QED) is 0.655. The van der Waals surface area contributed by atoms with Gasteiger partial charge < -0.3 is 15.0 Å². The van der Waals surface area contributed by atoms with Crippen molar-refractivity contribution in [1.82, 2.24) is 15.2 Å². The van der Waals surface area contributed by atoms with Crippen LogP contribution in [0.25, 0.3) is 11.3 Å². The molecule has 2 aliphatic heterocycles. The molecular formula is C19H15ClF2N6O. The summed E-state index contributed by atoms with van der Waals surface area (Å²) in [5.41, 5.74) is -0.417. The number of anilines is 2. The highest BCUT2D eigenvalue weighted by Gasteiger charge is 2.26. The van der Waals surface area contributed by atoms with Crippen molar-refractivity contribution in [3.8, 4) is 11.3 Å². The monoisotopic (exact) mass is 424 g/mol. The maximum absolute atomic E-state index is 14.6. The molecule has 29 heavy (non-hydrogen) atoms. The van der Waals surface area contributed by atoms with E-state index in [0.717, 1.165) is 24.4 Å². The molecule has 1 aromatic carbocycles. The van der Waals surface area contributed by atoms with Crippen LogP contribution >= 0.6 is 11.6 Å². The number of hydrogen-bond donors (Lipinski definition) is 2. The first-order chi connectivity index (χ1) is 17.1. The van der Waals surface area contributed by atoms with Crippen molar-refractivity contribution >= 4 is 34.6 Å². The second-order valence-electron chi connectivity index (χ2n) is 5.87. The Labute approximate surface area is 180 Å². The molecule has 4 heterocycles. The number of nitrogens with zero attached hydrogens (tertiary/aromatic N) is 4. The van der Waals surface area contributed by atoms with Gasteiger partial charge >= 0.3 is 0 Å². The molecule has 2 aromatic heterocycles. The summed E-state index contributed by atoms with van der Waals surface area (Å²) >= 11 is 6.18. The molecule has 0 amide bonds. The number of morpholine rings is 1. The topological polar surface area (TPSA) is 78.4 Å². The molecule has 0 atom stereocenters. The smallest absolute Gasteiger partial charge is 0.150 e. The lowest BCUT2D eigenvalue weighted by atomic mass is 10.1. The molecule has 0 aliphatic carbocycles. The summed E-state index contributed by atoms with van der Waals surface area (Å²) in [4.78, 5) is 8.43. The Balaban J connectivity index is 1.71. The van der Waals surface area contributed by atoms with Gasteiger partial charge in [0, 0.05) is 18.6 Å². The van der Waals surface area contributed by atoms with Gasteiger partial charge in [0.2, 0.25) is 0 Å². The van der Waals surface area contributed by atoms with Crippen LogP contribution in [0.15, 0.2) is 35.5 Å². The zero-order chi connectivity index (χ0) is 27.1. The van der Waals surface area contributed by atoms with E-state index < -0.39 is 49.1 Å². The largest absolute Gasteiger partial charge is 0.378 e. The maximum Gasteiger partial charge on any atom is 0.150 e. The standard InChI is InChI=1S/C19H15ClF2N6O/c20-18-17-16(26-27-18)10-8-14(28-4-6-29-7-5-28)23-9-13(10)24-19(25-17)15-11(21)2-1-3-12(15)22/h1-3,8-9H,4-7H2,(H,24,25)(H,26,27)/i4D2,5D2,6D2,7D2. The summed E-state index contributed by atoms with van der Waals surface area (Å²) < 4.78 is 98.3. The number of ether oxygens (including phenoxy) is 1. The van der Waals surface area contributed by atoms with Crippen molar-refractivity contribution < 1.29 is 24.5 Å². The molecule has 2 N–H and O–H groups in total. The summed E-state index contributed by atoms with van der Waals surface area (Å²) in [6.45, 7) is -13.1. The van der Waals surface area contributed by atoms with Gasteiger partial charge in [-0.1, -0.05) is 17.7 Å². The van der Waals surface area contributed by atoms with Crippen LogP contribution in [-0.4, -0.2) is 47.1 Å². The zero-order valence-corrected chi connectivity index (χ0v) is 15.0. The minimum atomic E-state index is -3.30. The first-order valence-electron chi connectivity index (χ1n) is 12.1. The third-order valence-corrected chi connectivity index (χ3v) is 4.43. The van der Waals surface area contributed by atoms with E-state index >= 15 is 0 Å². The Bertz CT molecular complexity index is 1420. The highest BCUT2D eigenvalue weighted by atomic mass is 35.5. The molecule has 0 unspecified atom stereocenters. The number of fused-ring (bicyclic) bond motifs is 3. The Hall–Kier alpha value is -3.04. The second-order valence-corrected chi connectivity index (χ2v) is 6.25. The minimum Gasteiger partial charge on any atom is -0.378 e. The van der Waals surface area contributed by atoms with Gasteiger partial charge in [-0.15, -0.1) is 0 Å². The lowest BCUT2D eigenvalue weighted by molar-refractivity contribution is 0.122. The first kappa shape index (κ1) is 11.2. The average Bonchev–Trinajstić information content (AvgIpc) is 3.03. The van der Waals surface area contributed by atoms with Crippen molar-refractivity contribution in [2.75, 3.05) is 36.3 Å². The molecule has 2 aliphatic rings. The maximum atomic E-state index is 14.6. The van der Waals surface area contributed by atoms with E-state index in [1.54, 1.807) is 0 Å². The fourth-order valence-corrected chi connectivity index (χ4v) is 3.06. The van der Waals surface area contributed by atoms with Crippen molar-refractivity contribution in [3.63, 3.8) is 0 Å². The van der Waals surface area contributed by atoms with Crippen LogP contribution in [-0.2, 0) is 4.74 Å². The lowest BCUT2D eigenvalue weighted by Crippen LogP contribution is -2.36. The Morgan fingerprint density at radius 1 is 1.21 bits per heavy atom. The van der Waals surface area contributed by atoms with Crippen LogP contribution in [0, 0.1) is 11.6 Å². The Morgan fingerprint density at radius 2 is 1.97 bits per heavy atom. The molecule has 0 radical (unpaired) electrons. The van der Waals surface area contributed by atoms with E-state index in [1.807, 2.05) is 0 Å². The van der Waals surface area contributed by atoms with Gasteiger partial charge in [-0.2, -0.15) is 5.10 Å². The molecule has 10 heteroatoms. The number of amidine groups is 1. The Kier molecular flexibility index (Phi) is 2.74. The van der Waals surface area contributed by atoms with Crippen LogP contribution in [0.1, 0.15) is 16.5 Å². The number of hydrogen-bond acceptors (Lipinski definition) is 6. The SMILES string of the molecule is [2H]C1([2H])OC([2H])([2H])C([2H])([2H])N(c2cc3c(cn2)NC(c2c(F)cccc2F)=Nc2c-3n[nH]c2Cl)C1([2H])[2H]. The number of halogens is 3. The molecule has 7 nitrogen and oxygen atoms in total. The minimum absolute atomic E-state index is 0.0169. The van der Waals surface area contributed by atoms with Crippen LogP contribution in [0.4, 0.5) is 26.0 Å². The van der Waals surface area contributed by atoms with Gasteiger partial charge in [0.05, 0.1) is 41.5 Å². The van der Waals surface area contributed by atoms with E-state index in [4.69, 9.17) is 22.6 Å². The van der Waals surface area contributed by atoms with Crippen LogP contribution < -0.4 is 10.2 Å². The molecule has 1 fully saturated rings. The second kappa shape index (κ2) is 7.09. The molecule has 0 spiro atoms. The van der Waals surface area contributed by atoms with Crippen molar-refractivity contribution in [2.24, 2.45) is 4.99 Å². The average molecular weight is 425 g/mol. The normalized spacial score (nSPS) is 26.9. The summed E-state index contributed by atoms with van der Waals surface area (Å²) in [5.74, 6) is -2.69. The summed E-state index contributed by atoms with van der Waals surface area (Å²) in [7, 11) is 0. The summed E-state index contributed by atoms with van der Waals surface area (Å²) in [6, 6.07) is 4.32.